The van der Waals surface area contributed by atoms with Gasteiger partial charge in [0.2, 0.25) is 0 Å². The lowest BCUT2D eigenvalue weighted by Gasteiger charge is -2.15. The molecular weight excluding hydrogens is 408 g/mol. The molecule has 4 rings (SSSR count). The lowest BCUT2D eigenvalue weighted by molar-refractivity contribution is 0.592. The molecule has 0 aromatic carbocycles. The Hall–Kier alpha value is -3.67. The quantitative estimate of drug-likeness (QED) is 0.320. The fraction of sp³-hybridized carbons (Fsp3) is 0.296. The molecule has 1 saturated carbocycles. The smallest absolute Gasteiger partial charge is 0.130 e. The van der Waals surface area contributed by atoms with Crippen LogP contribution < -0.4 is 16.0 Å². The number of hydrogen-bond donors (Lipinski definition) is 3. The molecule has 0 spiro atoms. The SMILES string of the molecule is C=C(Nc1cnccc1-c1ccc(NCC(C)CC)nc1)c1ccnc(NC(=C)C2CC2)c1. The molecule has 0 radical (unpaired) electrons. The lowest BCUT2D eigenvalue weighted by Crippen LogP contribution is -2.11. The number of nitrogens with one attached hydrogen (secondary N) is 3. The molecule has 0 bridgehead atoms. The van der Waals surface area contributed by atoms with Crippen molar-refractivity contribution in [3.63, 3.8) is 0 Å². The Balaban J connectivity index is 1.46. The van der Waals surface area contributed by atoms with Gasteiger partial charge >= 0.3 is 0 Å². The van der Waals surface area contributed by atoms with Gasteiger partial charge in [-0.2, -0.15) is 0 Å². The number of rotatable bonds is 11. The highest BCUT2D eigenvalue weighted by Crippen LogP contribution is 2.36. The van der Waals surface area contributed by atoms with Gasteiger partial charge in [-0.1, -0.05) is 33.4 Å². The van der Waals surface area contributed by atoms with E-state index in [4.69, 9.17) is 0 Å². The molecule has 3 aromatic heterocycles. The Kier molecular flexibility index (Phi) is 7.03. The molecule has 6 nitrogen and oxygen atoms in total. The largest absolute Gasteiger partial charge is 0.370 e. The highest BCUT2D eigenvalue weighted by atomic mass is 15.0. The van der Waals surface area contributed by atoms with E-state index >= 15 is 0 Å². The van der Waals surface area contributed by atoms with Crippen LogP contribution in [0.25, 0.3) is 16.8 Å². The van der Waals surface area contributed by atoms with E-state index in [1.54, 1.807) is 12.4 Å². The van der Waals surface area contributed by atoms with Gasteiger partial charge in [0.1, 0.15) is 11.6 Å². The summed E-state index contributed by atoms with van der Waals surface area (Å²) in [6, 6.07) is 10.0. The standard InChI is InChI=1S/C27H32N6/c1-5-18(2)15-30-26-9-8-23(16-31-26)24-11-12-28-17-25(24)32-20(4)22-10-13-29-27(14-22)33-19(3)21-6-7-21/h8-14,16-18,21,32H,3-7,15H2,1-2H3,(H,29,33)(H,30,31). The molecule has 1 aliphatic carbocycles. The van der Waals surface area contributed by atoms with Crippen molar-refractivity contribution in [1.29, 1.82) is 0 Å². The normalized spacial score (nSPS) is 13.8. The summed E-state index contributed by atoms with van der Waals surface area (Å²) in [5.41, 5.74) is 5.65. The van der Waals surface area contributed by atoms with E-state index < -0.39 is 0 Å². The predicted molar refractivity (Wildman–Crippen MR) is 138 cm³/mol. The van der Waals surface area contributed by atoms with Gasteiger partial charge in [0.15, 0.2) is 0 Å². The minimum atomic E-state index is 0.569. The number of allylic oxidation sites excluding steroid dienone is 1. The Morgan fingerprint density at radius 1 is 1.03 bits per heavy atom. The van der Waals surface area contributed by atoms with E-state index in [2.05, 4.69) is 64.0 Å². The van der Waals surface area contributed by atoms with Gasteiger partial charge < -0.3 is 16.0 Å². The molecule has 0 saturated heterocycles. The fourth-order valence-corrected chi connectivity index (χ4v) is 3.45. The van der Waals surface area contributed by atoms with Crippen LogP contribution in [0, 0.1) is 11.8 Å². The third kappa shape index (κ3) is 5.98. The average molecular weight is 441 g/mol. The molecule has 1 unspecified atom stereocenters. The molecule has 3 N–H and O–H groups in total. The molecule has 33 heavy (non-hydrogen) atoms. The van der Waals surface area contributed by atoms with Gasteiger partial charge in [-0.15, -0.1) is 0 Å². The summed E-state index contributed by atoms with van der Waals surface area (Å²) < 4.78 is 0. The van der Waals surface area contributed by atoms with E-state index in [1.165, 1.54) is 12.8 Å². The number of nitrogens with zero attached hydrogens (tertiary/aromatic N) is 3. The van der Waals surface area contributed by atoms with Crippen molar-refractivity contribution in [2.75, 3.05) is 22.5 Å². The molecule has 6 heteroatoms. The van der Waals surface area contributed by atoms with Crippen LogP contribution in [0.1, 0.15) is 38.7 Å². The van der Waals surface area contributed by atoms with Gasteiger partial charge in [0, 0.05) is 53.2 Å². The zero-order chi connectivity index (χ0) is 23.2. The van der Waals surface area contributed by atoms with E-state index in [9.17, 15) is 0 Å². The summed E-state index contributed by atoms with van der Waals surface area (Å²) in [7, 11) is 0. The zero-order valence-corrected chi connectivity index (χ0v) is 19.4. The van der Waals surface area contributed by atoms with E-state index in [-0.39, 0.29) is 0 Å². The molecule has 1 aliphatic rings. The maximum absolute atomic E-state index is 4.59. The second kappa shape index (κ2) is 10.3. The monoisotopic (exact) mass is 440 g/mol. The number of hydrogen-bond acceptors (Lipinski definition) is 6. The second-order valence-corrected chi connectivity index (χ2v) is 8.71. The topological polar surface area (TPSA) is 74.8 Å². The van der Waals surface area contributed by atoms with E-state index in [1.807, 2.05) is 36.7 Å². The van der Waals surface area contributed by atoms with Gasteiger partial charge in [0.25, 0.3) is 0 Å². The second-order valence-electron chi connectivity index (χ2n) is 8.71. The molecule has 0 aliphatic heterocycles. The third-order valence-corrected chi connectivity index (χ3v) is 5.98. The first kappa shape index (κ1) is 22.5. The summed E-state index contributed by atoms with van der Waals surface area (Å²) in [5.74, 6) is 2.85. The number of aromatic nitrogens is 3. The van der Waals surface area contributed by atoms with Crippen LogP contribution in [-0.2, 0) is 0 Å². The highest BCUT2D eigenvalue weighted by molar-refractivity contribution is 5.85. The van der Waals surface area contributed by atoms with Crippen LogP contribution in [-0.4, -0.2) is 21.5 Å². The Morgan fingerprint density at radius 2 is 1.88 bits per heavy atom. The van der Waals surface area contributed by atoms with Gasteiger partial charge in [0.05, 0.1) is 11.9 Å². The van der Waals surface area contributed by atoms with Crippen LogP contribution in [0.2, 0.25) is 0 Å². The van der Waals surface area contributed by atoms with Crippen molar-refractivity contribution in [3.05, 3.63) is 79.5 Å². The molecule has 170 valence electrons. The third-order valence-electron chi connectivity index (χ3n) is 5.98. The maximum atomic E-state index is 4.59. The Labute approximate surface area is 196 Å². The predicted octanol–water partition coefficient (Wildman–Crippen LogP) is 6.42. The summed E-state index contributed by atoms with van der Waals surface area (Å²) in [4.78, 5) is 13.3. The molecule has 1 fully saturated rings. The van der Waals surface area contributed by atoms with Gasteiger partial charge in [-0.05, 0) is 55.0 Å². The lowest BCUT2D eigenvalue weighted by atomic mass is 10.1. The Bertz CT molecular complexity index is 1120. The van der Waals surface area contributed by atoms with Crippen LogP contribution in [0.3, 0.4) is 0 Å². The number of anilines is 3. The summed E-state index contributed by atoms with van der Waals surface area (Å²) in [6.07, 6.45) is 10.8. The average Bonchev–Trinajstić information content (AvgIpc) is 3.69. The molecule has 0 amide bonds. The van der Waals surface area contributed by atoms with E-state index in [0.717, 1.165) is 58.4 Å². The van der Waals surface area contributed by atoms with E-state index in [0.29, 0.717) is 11.8 Å². The first-order valence-electron chi connectivity index (χ1n) is 11.6. The molecule has 3 aromatic rings. The van der Waals surface area contributed by atoms with Crippen molar-refractivity contribution in [1.82, 2.24) is 15.0 Å². The fourth-order valence-electron chi connectivity index (χ4n) is 3.45. The highest BCUT2D eigenvalue weighted by Gasteiger charge is 2.24. The van der Waals surface area contributed by atoms with Crippen molar-refractivity contribution >= 4 is 23.0 Å². The summed E-state index contributed by atoms with van der Waals surface area (Å²) in [5, 5.41) is 10.2. The Morgan fingerprint density at radius 3 is 2.61 bits per heavy atom. The minimum absolute atomic E-state index is 0.569. The molecule has 3 heterocycles. The first-order chi connectivity index (χ1) is 16.0. The maximum Gasteiger partial charge on any atom is 0.130 e. The number of pyridine rings is 3. The zero-order valence-electron chi connectivity index (χ0n) is 19.4. The summed E-state index contributed by atoms with van der Waals surface area (Å²) >= 11 is 0. The van der Waals surface area contributed by atoms with Crippen LogP contribution in [0.15, 0.2) is 74.0 Å². The van der Waals surface area contributed by atoms with Crippen molar-refractivity contribution in [3.8, 4) is 11.1 Å². The van der Waals surface area contributed by atoms with Crippen molar-refractivity contribution < 1.29 is 0 Å². The van der Waals surface area contributed by atoms with Crippen molar-refractivity contribution in [2.45, 2.75) is 33.1 Å². The van der Waals surface area contributed by atoms with Crippen LogP contribution >= 0.6 is 0 Å². The van der Waals surface area contributed by atoms with Gasteiger partial charge in [-0.25, -0.2) is 9.97 Å². The first-order valence-corrected chi connectivity index (χ1v) is 11.6. The summed E-state index contributed by atoms with van der Waals surface area (Å²) in [6.45, 7) is 13.7. The molecule has 1 atom stereocenters. The van der Waals surface area contributed by atoms with Gasteiger partial charge in [-0.3, -0.25) is 4.98 Å². The minimum Gasteiger partial charge on any atom is -0.370 e. The van der Waals surface area contributed by atoms with Crippen LogP contribution in [0.4, 0.5) is 17.3 Å². The molecular formula is C27H32N6. The van der Waals surface area contributed by atoms with Crippen LogP contribution in [0.5, 0.6) is 0 Å². The van der Waals surface area contributed by atoms with Crippen molar-refractivity contribution in [2.24, 2.45) is 11.8 Å².